The molecule has 29 heavy (non-hydrogen) atoms. The van der Waals surface area contributed by atoms with Gasteiger partial charge in [-0.2, -0.15) is 16.9 Å². The van der Waals surface area contributed by atoms with E-state index in [2.05, 4.69) is 16.7 Å². The molecule has 0 radical (unpaired) electrons. The van der Waals surface area contributed by atoms with Crippen LogP contribution in [0.1, 0.15) is 28.9 Å². The molecule has 1 aromatic carbocycles. The number of primary amides is 1. The Hall–Kier alpha value is -2.26. The Bertz CT molecular complexity index is 976. The van der Waals surface area contributed by atoms with Gasteiger partial charge in [-0.25, -0.2) is 9.18 Å². The van der Waals surface area contributed by atoms with E-state index >= 15 is 0 Å². The molecule has 2 aliphatic rings. The van der Waals surface area contributed by atoms with E-state index in [1.54, 1.807) is 9.58 Å². The molecule has 3 N–H and O–H groups in total. The molecule has 1 aromatic heterocycles. The lowest BCUT2D eigenvalue weighted by atomic mass is 9.92. The van der Waals surface area contributed by atoms with Gasteiger partial charge in [0, 0.05) is 23.4 Å². The van der Waals surface area contributed by atoms with Crippen molar-refractivity contribution >= 4 is 35.3 Å². The van der Waals surface area contributed by atoms with Crippen molar-refractivity contribution < 1.29 is 14.0 Å². The van der Waals surface area contributed by atoms with Crippen molar-refractivity contribution in [2.24, 2.45) is 5.73 Å². The number of rotatable bonds is 4. The Morgan fingerprint density at radius 3 is 2.76 bits per heavy atom. The van der Waals surface area contributed by atoms with Crippen molar-refractivity contribution in [3.63, 3.8) is 0 Å². The number of aromatic nitrogens is 2. The molecule has 2 heterocycles. The van der Waals surface area contributed by atoms with E-state index in [9.17, 15) is 14.0 Å². The fourth-order valence-corrected chi connectivity index (χ4v) is 4.77. The number of nitrogens with two attached hydrogens (primary N) is 1. The molecule has 0 bridgehead atoms. The molecule has 7 nitrogen and oxygen atoms in total. The number of benzene rings is 1. The molecule has 10 heteroatoms. The first-order chi connectivity index (χ1) is 13.9. The Labute approximate surface area is 176 Å². The van der Waals surface area contributed by atoms with Gasteiger partial charge in [-0.15, -0.1) is 0 Å². The Morgan fingerprint density at radius 2 is 2.10 bits per heavy atom. The number of carbonyl (C=O) groups is 2. The molecule has 2 aromatic rings. The number of nitrogens with one attached hydrogen (secondary N) is 1. The number of urea groups is 1. The highest BCUT2D eigenvalue weighted by Gasteiger charge is 2.33. The number of hydrogen-bond acceptors (Lipinski definition) is 4. The monoisotopic (exact) mass is 437 g/mol. The van der Waals surface area contributed by atoms with Crippen LogP contribution in [-0.2, 0) is 13.1 Å². The number of fused-ring (bicyclic) bond motifs is 1. The van der Waals surface area contributed by atoms with Gasteiger partial charge >= 0.3 is 6.03 Å². The van der Waals surface area contributed by atoms with Gasteiger partial charge in [-0.05, 0) is 37.3 Å². The number of carbonyl (C=O) groups excluding carboxylic acids is 2. The minimum atomic E-state index is -0.647. The van der Waals surface area contributed by atoms with Gasteiger partial charge in [-0.1, -0.05) is 11.6 Å². The summed E-state index contributed by atoms with van der Waals surface area (Å²) >= 11 is 7.70. The van der Waals surface area contributed by atoms with Crippen molar-refractivity contribution in [2.45, 2.75) is 37.2 Å². The largest absolute Gasteiger partial charge is 0.365 e. The maximum Gasteiger partial charge on any atom is 0.318 e. The predicted molar refractivity (Wildman–Crippen MR) is 110 cm³/mol. The van der Waals surface area contributed by atoms with Crippen LogP contribution < -0.4 is 11.1 Å². The van der Waals surface area contributed by atoms with E-state index < -0.39 is 11.7 Å². The van der Waals surface area contributed by atoms with Crippen molar-refractivity contribution in [1.82, 2.24) is 20.0 Å². The summed E-state index contributed by atoms with van der Waals surface area (Å²) in [7, 11) is 0. The van der Waals surface area contributed by atoms with Crippen molar-refractivity contribution in [3.05, 3.63) is 40.3 Å². The molecule has 0 saturated heterocycles. The molecule has 0 spiro atoms. The molecule has 1 aliphatic carbocycles. The Balaban J connectivity index is 1.57. The molecule has 4 rings (SSSR count). The molecule has 1 aliphatic heterocycles. The topological polar surface area (TPSA) is 93.2 Å². The summed E-state index contributed by atoms with van der Waals surface area (Å²) in [4.78, 5) is 26.5. The van der Waals surface area contributed by atoms with Crippen molar-refractivity contribution in [1.29, 1.82) is 0 Å². The minimum absolute atomic E-state index is 0.0612. The SMILES string of the molecule is CS[C@H]1C[C@H](NC(=O)N2CCn3nc(-c4ccc(F)c(Cl)c4)c(C(N)=O)c3C2)C1. The zero-order chi connectivity index (χ0) is 20.7. The van der Waals surface area contributed by atoms with E-state index in [-0.39, 0.29) is 29.2 Å². The van der Waals surface area contributed by atoms with E-state index in [1.807, 2.05) is 11.8 Å². The summed E-state index contributed by atoms with van der Waals surface area (Å²) in [5.41, 5.74) is 7.28. The number of hydrogen-bond donors (Lipinski definition) is 2. The van der Waals surface area contributed by atoms with Crippen LogP contribution in [0.3, 0.4) is 0 Å². The molecule has 1 fully saturated rings. The lowest BCUT2D eigenvalue weighted by Crippen LogP contribution is -2.52. The molecule has 0 unspecified atom stereocenters. The fourth-order valence-electron chi connectivity index (χ4n) is 3.74. The third-order valence-electron chi connectivity index (χ3n) is 5.46. The van der Waals surface area contributed by atoms with Gasteiger partial charge < -0.3 is 16.0 Å². The summed E-state index contributed by atoms with van der Waals surface area (Å²) in [6, 6.07) is 4.19. The van der Waals surface area contributed by atoms with Crippen LogP contribution in [0.4, 0.5) is 9.18 Å². The predicted octanol–water partition coefficient (Wildman–Crippen LogP) is 2.86. The van der Waals surface area contributed by atoms with Crippen LogP contribution in [0.15, 0.2) is 18.2 Å². The summed E-state index contributed by atoms with van der Waals surface area (Å²) in [5.74, 6) is -1.20. The third-order valence-corrected chi connectivity index (χ3v) is 6.80. The van der Waals surface area contributed by atoms with Crippen molar-refractivity contribution in [2.75, 3.05) is 12.8 Å². The lowest BCUT2D eigenvalue weighted by Gasteiger charge is -2.37. The highest BCUT2D eigenvalue weighted by atomic mass is 35.5. The van der Waals surface area contributed by atoms with Crippen LogP contribution in [0, 0.1) is 5.82 Å². The average Bonchev–Trinajstić information content (AvgIpc) is 3.05. The molecule has 154 valence electrons. The van der Waals surface area contributed by atoms with E-state index in [0.29, 0.717) is 35.3 Å². The quantitative estimate of drug-likeness (QED) is 0.769. The number of thioether (sulfide) groups is 1. The first-order valence-electron chi connectivity index (χ1n) is 9.30. The summed E-state index contributed by atoms with van der Waals surface area (Å²) in [5, 5.41) is 8.09. The second kappa shape index (κ2) is 7.87. The van der Waals surface area contributed by atoms with Gasteiger partial charge in [0.15, 0.2) is 0 Å². The highest BCUT2D eigenvalue weighted by Crippen LogP contribution is 2.32. The molecule has 3 amide bonds. The van der Waals surface area contributed by atoms with Crippen molar-refractivity contribution in [3.8, 4) is 11.3 Å². The molecule has 0 atom stereocenters. The van der Waals surface area contributed by atoms with E-state index in [1.165, 1.54) is 18.2 Å². The van der Waals surface area contributed by atoms with Crippen LogP contribution in [0.25, 0.3) is 11.3 Å². The molecular weight excluding hydrogens is 417 g/mol. The number of amides is 3. The van der Waals surface area contributed by atoms with Gasteiger partial charge in [-0.3, -0.25) is 9.48 Å². The smallest absolute Gasteiger partial charge is 0.318 e. The zero-order valence-electron chi connectivity index (χ0n) is 15.8. The maximum absolute atomic E-state index is 13.5. The first kappa shape index (κ1) is 20.0. The summed E-state index contributed by atoms with van der Waals surface area (Å²) in [6.07, 6.45) is 4.02. The second-order valence-corrected chi connectivity index (χ2v) is 8.83. The average molecular weight is 438 g/mol. The summed E-state index contributed by atoms with van der Waals surface area (Å²) in [6.45, 7) is 1.14. The maximum atomic E-state index is 13.5. The molecular formula is C19H21ClFN5O2S. The Kier molecular flexibility index (Phi) is 5.44. The fraction of sp³-hybridized carbons (Fsp3) is 0.421. The minimum Gasteiger partial charge on any atom is -0.365 e. The third kappa shape index (κ3) is 3.81. The second-order valence-electron chi connectivity index (χ2n) is 7.28. The van der Waals surface area contributed by atoms with Gasteiger partial charge in [0.25, 0.3) is 5.91 Å². The van der Waals surface area contributed by atoms with Crippen LogP contribution >= 0.6 is 23.4 Å². The van der Waals surface area contributed by atoms with Crippen LogP contribution in [0.2, 0.25) is 5.02 Å². The number of nitrogens with zero attached hydrogens (tertiary/aromatic N) is 3. The van der Waals surface area contributed by atoms with Crippen LogP contribution in [-0.4, -0.2) is 50.7 Å². The standard InChI is InChI=1S/C19H21ClFN5O2S/c1-29-12-7-11(8-12)23-19(28)25-4-5-26-15(9-25)16(18(22)27)17(24-26)10-2-3-14(21)13(20)6-10/h2-3,6,11-12H,4-5,7-9H2,1H3,(H2,22,27)(H,23,28)/t11-,12-. The Morgan fingerprint density at radius 1 is 1.34 bits per heavy atom. The lowest BCUT2D eigenvalue weighted by molar-refractivity contribution is 0.0997. The highest BCUT2D eigenvalue weighted by molar-refractivity contribution is 7.99. The zero-order valence-corrected chi connectivity index (χ0v) is 17.4. The summed E-state index contributed by atoms with van der Waals surface area (Å²) < 4.78 is 15.2. The van der Waals surface area contributed by atoms with Gasteiger partial charge in [0.2, 0.25) is 0 Å². The number of halogens is 2. The van der Waals surface area contributed by atoms with Crippen LogP contribution in [0.5, 0.6) is 0 Å². The first-order valence-corrected chi connectivity index (χ1v) is 11.0. The van der Waals surface area contributed by atoms with Gasteiger partial charge in [0.1, 0.15) is 11.5 Å². The normalized spacial score (nSPS) is 20.7. The molecule has 1 saturated carbocycles. The van der Waals surface area contributed by atoms with Gasteiger partial charge in [0.05, 0.1) is 29.4 Å². The van der Waals surface area contributed by atoms with E-state index in [0.717, 1.165) is 12.8 Å². The van der Waals surface area contributed by atoms with E-state index in [4.69, 9.17) is 17.3 Å².